The average Bonchev–Trinajstić information content (AvgIpc) is 3.34. The molecule has 0 saturated carbocycles. The van der Waals surface area contributed by atoms with Crippen molar-refractivity contribution >= 4 is 6.09 Å². The lowest BCUT2D eigenvalue weighted by Gasteiger charge is -2.31. The largest absolute Gasteiger partial charge is 0.573 e. The van der Waals surface area contributed by atoms with Crippen molar-refractivity contribution in [1.29, 1.82) is 0 Å². The number of benzene rings is 3. The summed E-state index contributed by atoms with van der Waals surface area (Å²) >= 11 is 0. The van der Waals surface area contributed by atoms with Gasteiger partial charge in [0, 0.05) is 24.1 Å². The summed E-state index contributed by atoms with van der Waals surface area (Å²) < 4.78 is 42.4. The van der Waals surface area contributed by atoms with Crippen LogP contribution in [0.3, 0.4) is 0 Å². The monoisotopic (exact) mass is 510 g/mol. The zero-order chi connectivity index (χ0) is 26.6. The third kappa shape index (κ3) is 6.66. The Kier molecular flexibility index (Phi) is 7.19. The standard InChI is InChI=1S/C27H25F3N4O3/c1-26(2,17-33(25(35)36)16-19-6-4-3-5-7-19)21-10-8-20(9-11-21)24-31-18-34(32-24)22-12-14-23(15-13-22)37-27(28,29)30/h3-15,18H,16-17H2,1-2H3,(H,35,36). The SMILES string of the molecule is CC(C)(CN(Cc1ccccc1)C(=O)O)c1ccc(-c2ncn(-c3ccc(OC(F)(F)F)cc3)n2)cc1. The number of ether oxygens (including phenoxy) is 1. The normalized spacial score (nSPS) is 11.8. The van der Waals surface area contributed by atoms with Crippen LogP contribution in [0.5, 0.6) is 5.75 Å². The Morgan fingerprint density at radius 2 is 1.62 bits per heavy atom. The van der Waals surface area contributed by atoms with Gasteiger partial charge in [-0.25, -0.2) is 14.5 Å². The van der Waals surface area contributed by atoms with Gasteiger partial charge in [0.2, 0.25) is 0 Å². The number of carboxylic acid groups (broad SMARTS) is 1. The minimum absolute atomic E-state index is 0.294. The van der Waals surface area contributed by atoms with Gasteiger partial charge in [0.05, 0.1) is 5.69 Å². The number of alkyl halides is 3. The maximum atomic E-state index is 12.4. The summed E-state index contributed by atoms with van der Waals surface area (Å²) in [5.74, 6) is 0.122. The fourth-order valence-electron chi connectivity index (χ4n) is 3.95. The molecule has 10 heteroatoms. The molecule has 1 amide bonds. The highest BCUT2D eigenvalue weighted by Gasteiger charge is 2.31. The van der Waals surface area contributed by atoms with Crippen molar-refractivity contribution in [3.63, 3.8) is 0 Å². The maximum absolute atomic E-state index is 12.4. The summed E-state index contributed by atoms with van der Waals surface area (Å²) in [6, 6.07) is 22.3. The van der Waals surface area contributed by atoms with E-state index in [2.05, 4.69) is 14.8 Å². The van der Waals surface area contributed by atoms with Gasteiger partial charge in [0.1, 0.15) is 12.1 Å². The molecule has 4 aromatic rings. The lowest BCUT2D eigenvalue weighted by Crippen LogP contribution is -2.39. The highest BCUT2D eigenvalue weighted by molar-refractivity contribution is 5.65. The number of hydrogen-bond acceptors (Lipinski definition) is 4. The fraction of sp³-hybridized carbons (Fsp3) is 0.222. The molecule has 0 bridgehead atoms. The molecule has 1 heterocycles. The quantitative estimate of drug-likeness (QED) is 0.301. The van der Waals surface area contributed by atoms with Crippen molar-refractivity contribution in [2.45, 2.75) is 32.2 Å². The molecule has 37 heavy (non-hydrogen) atoms. The van der Waals surface area contributed by atoms with E-state index in [1.807, 2.05) is 68.4 Å². The molecule has 0 aliphatic rings. The number of aromatic nitrogens is 3. The van der Waals surface area contributed by atoms with Crippen LogP contribution < -0.4 is 4.74 Å². The molecule has 0 spiro atoms. The van der Waals surface area contributed by atoms with Gasteiger partial charge in [-0.3, -0.25) is 0 Å². The summed E-state index contributed by atoms with van der Waals surface area (Å²) in [7, 11) is 0. The van der Waals surface area contributed by atoms with E-state index in [9.17, 15) is 23.1 Å². The average molecular weight is 511 g/mol. The van der Waals surface area contributed by atoms with Crippen LogP contribution in [-0.2, 0) is 12.0 Å². The summed E-state index contributed by atoms with van der Waals surface area (Å²) in [5, 5.41) is 14.2. The molecule has 1 aromatic heterocycles. The lowest BCUT2D eigenvalue weighted by molar-refractivity contribution is -0.274. The number of rotatable bonds is 8. The zero-order valence-corrected chi connectivity index (χ0v) is 20.2. The number of halogens is 3. The molecular weight excluding hydrogens is 485 g/mol. The second-order valence-electron chi connectivity index (χ2n) is 9.14. The van der Waals surface area contributed by atoms with Crippen molar-refractivity contribution < 1.29 is 27.8 Å². The first-order valence-corrected chi connectivity index (χ1v) is 11.4. The van der Waals surface area contributed by atoms with Gasteiger partial charge in [-0.1, -0.05) is 68.4 Å². The van der Waals surface area contributed by atoms with Gasteiger partial charge in [0.15, 0.2) is 5.82 Å². The molecule has 1 N–H and O–H groups in total. The van der Waals surface area contributed by atoms with E-state index in [4.69, 9.17) is 0 Å². The summed E-state index contributed by atoms with van der Waals surface area (Å²) in [6.45, 7) is 4.57. The molecule has 3 aromatic carbocycles. The Hall–Kier alpha value is -4.34. The van der Waals surface area contributed by atoms with E-state index >= 15 is 0 Å². The number of amides is 1. The third-order valence-electron chi connectivity index (χ3n) is 5.82. The molecule has 192 valence electrons. The molecule has 0 atom stereocenters. The van der Waals surface area contributed by atoms with Crippen LogP contribution in [-0.4, -0.2) is 43.8 Å². The van der Waals surface area contributed by atoms with Gasteiger partial charge < -0.3 is 14.7 Å². The topological polar surface area (TPSA) is 80.5 Å². The summed E-state index contributed by atoms with van der Waals surface area (Å²) in [5.41, 5.74) is 2.68. The predicted molar refractivity (Wildman–Crippen MR) is 131 cm³/mol. The molecule has 0 aliphatic heterocycles. The molecule has 0 fully saturated rings. The van der Waals surface area contributed by atoms with E-state index in [1.165, 1.54) is 40.2 Å². The minimum Gasteiger partial charge on any atom is -0.465 e. The molecular formula is C27H25F3N4O3. The Balaban J connectivity index is 1.46. The molecule has 0 unspecified atom stereocenters. The maximum Gasteiger partial charge on any atom is 0.573 e. The van der Waals surface area contributed by atoms with Crippen molar-refractivity contribution in [3.05, 3.63) is 96.3 Å². The van der Waals surface area contributed by atoms with Gasteiger partial charge in [-0.2, -0.15) is 0 Å². The first-order valence-electron chi connectivity index (χ1n) is 11.4. The first kappa shape index (κ1) is 25.7. The second-order valence-corrected chi connectivity index (χ2v) is 9.14. The molecule has 0 radical (unpaired) electrons. The van der Waals surface area contributed by atoms with Crippen LogP contribution in [0.1, 0.15) is 25.0 Å². The molecule has 0 saturated heterocycles. The Morgan fingerprint density at radius 3 is 2.22 bits per heavy atom. The molecule has 7 nitrogen and oxygen atoms in total. The number of carbonyl (C=O) groups is 1. The van der Waals surface area contributed by atoms with E-state index < -0.39 is 17.9 Å². The third-order valence-corrected chi connectivity index (χ3v) is 5.82. The highest BCUT2D eigenvalue weighted by Crippen LogP contribution is 2.28. The van der Waals surface area contributed by atoms with Crippen molar-refractivity contribution in [3.8, 4) is 22.8 Å². The van der Waals surface area contributed by atoms with Crippen molar-refractivity contribution in [2.75, 3.05) is 6.54 Å². The predicted octanol–water partition coefficient (Wildman–Crippen LogP) is 6.29. The van der Waals surface area contributed by atoms with Crippen LogP contribution in [0.15, 0.2) is 85.2 Å². The molecule has 4 rings (SSSR count). The van der Waals surface area contributed by atoms with Crippen LogP contribution in [0.25, 0.3) is 17.1 Å². The van der Waals surface area contributed by atoms with Crippen LogP contribution in [0.2, 0.25) is 0 Å². The lowest BCUT2D eigenvalue weighted by atomic mass is 9.83. The van der Waals surface area contributed by atoms with E-state index in [-0.39, 0.29) is 5.75 Å². The Bertz CT molecular complexity index is 1340. The van der Waals surface area contributed by atoms with Gasteiger partial charge >= 0.3 is 12.5 Å². The van der Waals surface area contributed by atoms with E-state index in [1.54, 1.807) is 0 Å². The Labute approximate surface area is 211 Å². The van der Waals surface area contributed by atoms with Gasteiger partial charge in [-0.05, 0) is 35.4 Å². The second kappa shape index (κ2) is 10.3. The van der Waals surface area contributed by atoms with E-state index in [0.717, 1.165) is 16.7 Å². The van der Waals surface area contributed by atoms with Crippen LogP contribution >= 0.6 is 0 Å². The van der Waals surface area contributed by atoms with Crippen molar-refractivity contribution in [1.82, 2.24) is 19.7 Å². The van der Waals surface area contributed by atoms with Gasteiger partial charge in [-0.15, -0.1) is 18.3 Å². The number of hydrogen-bond donors (Lipinski definition) is 1. The van der Waals surface area contributed by atoms with E-state index in [0.29, 0.717) is 24.6 Å². The highest BCUT2D eigenvalue weighted by atomic mass is 19.4. The molecule has 0 aliphatic carbocycles. The van der Waals surface area contributed by atoms with Crippen molar-refractivity contribution in [2.24, 2.45) is 0 Å². The Morgan fingerprint density at radius 1 is 0.973 bits per heavy atom. The fourth-order valence-corrected chi connectivity index (χ4v) is 3.95. The van der Waals surface area contributed by atoms with Crippen LogP contribution in [0.4, 0.5) is 18.0 Å². The summed E-state index contributed by atoms with van der Waals surface area (Å²) in [6.07, 6.45) is -4.27. The first-order chi connectivity index (χ1) is 17.5. The number of nitrogens with zero attached hydrogens (tertiary/aromatic N) is 4. The van der Waals surface area contributed by atoms with Crippen LogP contribution in [0, 0.1) is 0 Å². The smallest absolute Gasteiger partial charge is 0.465 e. The zero-order valence-electron chi connectivity index (χ0n) is 20.2. The summed E-state index contributed by atoms with van der Waals surface area (Å²) in [4.78, 5) is 17.6. The van der Waals surface area contributed by atoms with Gasteiger partial charge in [0.25, 0.3) is 0 Å². The minimum atomic E-state index is -4.75.